The maximum Gasteiger partial charge on any atom is 0.225 e. The van der Waals surface area contributed by atoms with Gasteiger partial charge in [-0.3, -0.25) is 4.79 Å². The lowest BCUT2D eigenvalue weighted by atomic mass is 9.82. The molecule has 1 heterocycles. The van der Waals surface area contributed by atoms with Crippen LogP contribution >= 0.6 is 15.9 Å². The lowest BCUT2D eigenvalue weighted by Crippen LogP contribution is -2.43. The molecule has 1 amide bonds. The van der Waals surface area contributed by atoms with Crippen LogP contribution in [-0.2, 0) is 4.79 Å². The minimum Gasteiger partial charge on any atom is -0.342 e. The number of hydrogen-bond acceptors (Lipinski definition) is 1. The molecule has 1 unspecified atom stereocenters. The molecule has 0 bridgehead atoms. The van der Waals surface area contributed by atoms with Crippen LogP contribution in [0.2, 0.25) is 0 Å². The first-order valence-electron chi connectivity index (χ1n) is 7.55. The Morgan fingerprint density at radius 2 is 1.94 bits per heavy atom. The molecule has 2 nitrogen and oxygen atoms in total. The number of nitrogens with zero attached hydrogens (tertiary/aromatic N) is 1. The van der Waals surface area contributed by atoms with Crippen LogP contribution in [-0.4, -0.2) is 29.2 Å². The summed E-state index contributed by atoms with van der Waals surface area (Å²) < 4.78 is 0. The van der Waals surface area contributed by atoms with Gasteiger partial charge < -0.3 is 4.90 Å². The summed E-state index contributed by atoms with van der Waals surface area (Å²) in [4.78, 5) is 14.7. The lowest BCUT2D eigenvalue weighted by Gasteiger charge is -2.36. The highest BCUT2D eigenvalue weighted by molar-refractivity contribution is 9.09. The van der Waals surface area contributed by atoms with Crippen LogP contribution in [0.3, 0.4) is 0 Å². The first-order chi connectivity index (χ1) is 8.70. The van der Waals surface area contributed by atoms with Gasteiger partial charge in [0, 0.05) is 24.3 Å². The molecule has 0 N–H and O–H groups in total. The Kier molecular flexibility index (Phi) is 5.53. The van der Waals surface area contributed by atoms with Gasteiger partial charge in [-0.1, -0.05) is 22.9 Å². The second-order valence-corrected chi connectivity index (χ2v) is 7.02. The van der Waals surface area contributed by atoms with E-state index in [1.165, 1.54) is 32.1 Å². The predicted octanol–water partition coefficient (Wildman–Crippen LogP) is 3.84. The Bertz CT molecular complexity index is 272. The molecule has 1 aliphatic carbocycles. The molecule has 2 rings (SSSR count). The van der Waals surface area contributed by atoms with Gasteiger partial charge in [0.05, 0.1) is 0 Å². The normalized spacial score (nSPS) is 33.4. The van der Waals surface area contributed by atoms with Gasteiger partial charge in [-0.25, -0.2) is 0 Å². The van der Waals surface area contributed by atoms with Gasteiger partial charge >= 0.3 is 0 Å². The van der Waals surface area contributed by atoms with Gasteiger partial charge in [-0.05, 0) is 56.8 Å². The smallest absolute Gasteiger partial charge is 0.225 e. The molecule has 0 aromatic rings. The van der Waals surface area contributed by atoms with Crippen molar-refractivity contribution in [2.24, 2.45) is 17.8 Å². The molecule has 104 valence electrons. The SMILES string of the molecule is CC1CCC(C(=O)N2CCCC(CCBr)C2)CC1. The number of piperidine rings is 1. The van der Waals surface area contributed by atoms with Gasteiger partial charge in [0.25, 0.3) is 0 Å². The van der Waals surface area contributed by atoms with Crippen molar-refractivity contribution in [2.45, 2.75) is 51.9 Å². The van der Waals surface area contributed by atoms with Crippen LogP contribution in [0.25, 0.3) is 0 Å². The predicted molar refractivity (Wildman–Crippen MR) is 78.8 cm³/mol. The fraction of sp³-hybridized carbons (Fsp3) is 0.933. The zero-order chi connectivity index (χ0) is 13.0. The van der Waals surface area contributed by atoms with Crippen LogP contribution in [0.5, 0.6) is 0 Å². The number of hydrogen-bond donors (Lipinski definition) is 0. The second kappa shape index (κ2) is 6.93. The molecule has 2 aliphatic rings. The van der Waals surface area contributed by atoms with E-state index in [9.17, 15) is 4.79 Å². The molecular weight excluding hydrogens is 290 g/mol. The van der Waals surface area contributed by atoms with Crippen LogP contribution in [0, 0.1) is 17.8 Å². The second-order valence-electron chi connectivity index (χ2n) is 6.23. The van der Waals surface area contributed by atoms with Gasteiger partial charge in [-0.15, -0.1) is 0 Å². The van der Waals surface area contributed by atoms with E-state index in [1.54, 1.807) is 0 Å². The standard InChI is InChI=1S/C15H26BrNO/c1-12-4-6-14(7-5-12)15(18)17-10-2-3-13(11-17)8-9-16/h12-14H,2-11H2,1H3. The fourth-order valence-corrected chi connectivity index (χ4v) is 4.07. The van der Waals surface area contributed by atoms with Crippen LogP contribution in [0.4, 0.5) is 0 Å². The van der Waals surface area contributed by atoms with Crippen LogP contribution < -0.4 is 0 Å². The zero-order valence-electron chi connectivity index (χ0n) is 11.5. The van der Waals surface area contributed by atoms with Crippen molar-refractivity contribution in [1.82, 2.24) is 4.90 Å². The summed E-state index contributed by atoms with van der Waals surface area (Å²) in [6, 6.07) is 0. The number of alkyl halides is 1. The van der Waals surface area contributed by atoms with Crippen molar-refractivity contribution in [2.75, 3.05) is 18.4 Å². The highest BCUT2D eigenvalue weighted by atomic mass is 79.9. The molecule has 1 atom stereocenters. The lowest BCUT2D eigenvalue weighted by molar-refractivity contribution is -0.138. The third-order valence-electron chi connectivity index (χ3n) is 4.71. The molecule has 0 radical (unpaired) electrons. The average molecular weight is 316 g/mol. The summed E-state index contributed by atoms with van der Waals surface area (Å²) in [5, 5.41) is 1.07. The fourth-order valence-electron chi connectivity index (χ4n) is 3.42. The first kappa shape index (κ1) is 14.4. The van der Waals surface area contributed by atoms with E-state index in [0.29, 0.717) is 11.8 Å². The van der Waals surface area contributed by atoms with Crippen molar-refractivity contribution in [1.29, 1.82) is 0 Å². The summed E-state index contributed by atoms with van der Waals surface area (Å²) in [7, 11) is 0. The summed E-state index contributed by atoms with van der Waals surface area (Å²) in [5.41, 5.74) is 0. The molecule has 0 spiro atoms. The molecule has 0 aromatic heterocycles. The van der Waals surface area contributed by atoms with E-state index in [-0.39, 0.29) is 0 Å². The summed E-state index contributed by atoms with van der Waals surface area (Å²) >= 11 is 3.52. The maximum absolute atomic E-state index is 12.5. The van der Waals surface area contributed by atoms with Gasteiger partial charge in [0.15, 0.2) is 0 Å². The molecule has 1 saturated heterocycles. The molecule has 1 saturated carbocycles. The average Bonchev–Trinajstić information content (AvgIpc) is 2.39. The first-order valence-corrected chi connectivity index (χ1v) is 8.67. The zero-order valence-corrected chi connectivity index (χ0v) is 13.1. The Hall–Kier alpha value is -0.0500. The number of carbonyl (C=O) groups is 1. The highest BCUT2D eigenvalue weighted by Gasteiger charge is 2.30. The Balaban J connectivity index is 1.84. The Morgan fingerprint density at radius 1 is 1.22 bits per heavy atom. The quantitative estimate of drug-likeness (QED) is 0.725. The largest absolute Gasteiger partial charge is 0.342 e. The molecule has 18 heavy (non-hydrogen) atoms. The summed E-state index contributed by atoms with van der Waals surface area (Å²) in [6.07, 6.45) is 8.46. The number of halogens is 1. The minimum atomic E-state index is 0.337. The van der Waals surface area contributed by atoms with Crippen LogP contribution in [0.15, 0.2) is 0 Å². The van der Waals surface area contributed by atoms with E-state index in [1.807, 2.05) is 0 Å². The molecule has 1 aliphatic heterocycles. The molecule has 0 aromatic carbocycles. The number of rotatable bonds is 3. The molecule has 3 heteroatoms. The van der Waals surface area contributed by atoms with E-state index >= 15 is 0 Å². The highest BCUT2D eigenvalue weighted by Crippen LogP contribution is 2.31. The van der Waals surface area contributed by atoms with Gasteiger partial charge in [0.2, 0.25) is 5.91 Å². The van der Waals surface area contributed by atoms with Crippen molar-refractivity contribution < 1.29 is 4.79 Å². The maximum atomic E-state index is 12.5. The number of likely N-dealkylation sites (tertiary alicyclic amines) is 1. The number of amides is 1. The number of carbonyl (C=O) groups excluding carboxylic acids is 1. The Labute approximate surface area is 120 Å². The van der Waals surface area contributed by atoms with Crippen molar-refractivity contribution >= 4 is 21.8 Å². The van der Waals surface area contributed by atoms with Crippen molar-refractivity contribution in [3.8, 4) is 0 Å². The van der Waals surface area contributed by atoms with Gasteiger partial charge in [0.1, 0.15) is 0 Å². The minimum absolute atomic E-state index is 0.337. The van der Waals surface area contributed by atoms with E-state index < -0.39 is 0 Å². The Morgan fingerprint density at radius 3 is 2.61 bits per heavy atom. The van der Waals surface area contributed by atoms with E-state index in [0.717, 1.165) is 43.1 Å². The monoisotopic (exact) mass is 315 g/mol. The third kappa shape index (κ3) is 3.72. The summed E-state index contributed by atoms with van der Waals surface area (Å²) in [5.74, 6) is 2.35. The van der Waals surface area contributed by atoms with Crippen molar-refractivity contribution in [3.63, 3.8) is 0 Å². The topological polar surface area (TPSA) is 20.3 Å². The van der Waals surface area contributed by atoms with E-state index in [2.05, 4.69) is 27.8 Å². The van der Waals surface area contributed by atoms with Crippen LogP contribution in [0.1, 0.15) is 51.9 Å². The molecule has 2 fully saturated rings. The third-order valence-corrected chi connectivity index (χ3v) is 5.17. The summed E-state index contributed by atoms with van der Waals surface area (Å²) in [6.45, 7) is 4.33. The molecular formula is C15H26BrNO. The van der Waals surface area contributed by atoms with Gasteiger partial charge in [-0.2, -0.15) is 0 Å². The van der Waals surface area contributed by atoms with Crippen molar-refractivity contribution in [3.05, 3.63) is 0 Å². The van der Waals surface area contributed by atoms with E-state index in [4.69, 9.17) is 0 Å².